The molecule has 118 valence electrons. The van der Waals surface area contributed by atoms with Crippen molar-refractivity contribution in [2.24, 2.45) is 0 Å². The highest BCUT2D eigenvalue weighted by Crippen LogP contribution is 2.27. The van der Waals surface area contributed by atoms with E-state index in [1.807, 2.05) is 0 Å². The summed E-state index contributed by atoms with van der Waals surface area (Å²) in [5, 5.41) is 10.7. The lowest BCUT2D eigenvalue weighted by atomic mass is 10.0. The third-order valence-corrected chi connectivity index (χ3v) is 5.90. The fraction of sp³-hybridized carbons (Fsp3) is 0.714. The molecule has 0 aromatic carbocycles. The predicted molar refractivity (Wildman–Crippen MR) is 81.1 cm³/mol. The normalized spacial score (nSPS) is 16.8. The third-order valence-electron chi connectivity index (χ3n) is 3.75. The van der Waals surface area contributed by atoms with Gasteiger partial charge in [0.15, 0.2) is 14.9 Å². The molecule has 0 unspecified atom stereocenters. The van der Waals surface area contributed by atoms with Crippen LogP contribution in [0.15, 0.2) is 17.2 Å². The van der Waals surface area contributed by atoms with Gasteiger partial charge in [0.1, 0.15) is 5.82 Å². The minimum Gasteiger partial charge on any atom is -0.385 e. The lowest BCUT2D eigenvalue weighted by molar-refractivity contribution is 0.197. The maximum atomic E-state index is 12.5. The Balaban J connectivity index is 1.97. The molecule has 7 heteroatoms. The van der Waals surface area contributed by atoms with Crippen LogP contribution in [-0.2, 0) is 14.6 Å². The van der Waals surface area contributed by atoms with E-state index >= 15 is 0 Å². The number of methoxy groups -OCH3 is 1. The smallest absolute Gasteiger partial charge is 0.200 e. The molecule has 0 aliphatic heterocycles. The first-order valence-electron chi connectivity index (χ1n) is 7.45. The van der Waals surface area contributed by atoms with Gasteiger partial charge in [-0.25, -0.2) is 8.42 Å². The van der Waals surface area contributed by atoms with Crippen LogP contribution in [0.1, 0.15) is 38.5 Å². The van der Waals surface area contributed by atoms with E-state index in [2.05, 4.69) is 15.5 Å². The fourth-order valence-electron chi connectivity index (χ4n) is 2.55. The second kappa shape index (κ2) is 7.70. The van der Waals surface area contributed by atoms with Crippen LogP contribution in [0.25, 0.3) is 0 Å². The molecule has 1 aromatic rings. The lowest BCUT2D eigenvalue weighted by Crippen LogP contribution is -2.25. The molecule has 21 heavy (non-hydrogen) atoms. The number of nitrogens with zero attached hydrogens (tertiary/aromatic N) is 2. The highest BCUT2D eigenvalue weighted by atomic mass is 32.2. The van der Waals surface area contributed by atoms with E-state index in [-0.39, 0.29) is 10.3 Å². The van der Waals surface area contributed by atoms with E-state index in [9.17, 15) is 8.42 Å². The second-order valence-electron chi connectivity index (χ2n) is 5.33. The Morgan fingerprint density at radius 1 is 1.24 bits per heavy atom. The van der Waals surface area contributed by atoms with Gasteiger partial charge in [0.05, 0.1) is 5.25 Å². The van der Waals surface area contributed by atoms with E-state index < -0.39 is 9.84 Å². The Hall–Kier alpha value is -1.21. The third kappa shape index (κ3) is 4.38. The van der Waals surface area contributed by atoms with Gasteiger partial charge in [-0.3, -0.25) is 0 Å². The maximum Gasteiger partial charge on any atom is 0.200 e. The van der Waals surface area contributed by atoms with Crippen LogP contribution < -0.4 is 5.32 Å². The van der Waals surface area contributed by atoms with Crippen LogP contribution in [0.3, 0.4) is 0 Å². The fourth-order valence-corrected chi connectivity index (χ4v) is 4.25. The summed E-state index contributed by atoms with van der Waals surface area (Å²) in [6.45, 7) is 1.39. The first kappa shape index (κ1) is 16.2. The van der Waals surface area contributed by atoms with Crippen molar-refractivity contribution in [2.45, 2.75) is 48.8 Å². The Morgan fingerprint density at radius 2 is 2.00 bits per heavy atom. The quantitative estimate of drug-likeness (QED) is 0.776. The number of ether oxygens (including phenoxy) is 1. The summed E-state index contributed by atoms with van der Waals surface area (Å²) >= 11 is 0. The lowest BCUT2D eigenvalue weighted by Gasteiger charge is -2.20. The van der Waals surface area contributed by atoms with Crippen molar-refractivity contribution in [1.29, 1.82) is 0 Å². The maximum absolute atomic E-state index is 12.5. The first-order chi connectivity index (χ1) is 10.1. The van der Waals surface area contributed by atoms with E-state index in [1.165, 1.54) is 0 Å². The number of nitrogens with one attached hydrogen (secondary N) is 1. The molecular weight excluding hydrogens is 290 g/mol. The van der Waals surface area contributed by atoms with Gasteiger partial charge in [-0.05, 0) is 31.4 Å². The van der Waals surface area contributed by atoms with Gasteiger partial charge >= 0.3 is 0 Å². The van der Waals surface area contributed by atoms with E-state index in [0.29, 0.717) is 12.4 Å². The van der Waals surface area contributed by atoms with Crippen molar-refractivity contribution in [3.8, 4) is 0 Å². The van der Waals surface area contributed by atoms with Crippen LogP contribution in [0.4, 0.5) is 5.82 Å². The molecule has 6 nitrogen and oxygen atoms in total. The summed E-state index contributed by atoms with van der Waals surface area (Å²) in [7, 11) is -1.67. The number of sulfone groups is 1. The molecular formula is C14H23N3O3S. The van der Waals surface area contributed by atoms with Gasteiger partial charge in [0.2, 0.25) is 0 Å². The summed E-state index contributed by atoms with van der Waals surface area (Å²) in [6, 6.07) is 3.23. The molecule has 0 saturated heterocycles. The summed E-state index contributed by atoms with van der Waals surface area (Å²) in [6.07, 6.45) is 5.43. The van der Waals surface area contributed by atoms with Gasteiger partial charge in [0.25, 0.3) is 0 Å². The monoisotopic (exact) mass is 313 g/mol. The van der Waals surface area contributed by atoms with Crippen LogP contribution in [0.2, 0.25) is 0 Å². The number of aromatic nitrogens is 2. The molecule has 1 N–H and O–H groups in total. The number of anilines is 1. The van der Waals surface area contributed by atoms with Gasteiger partial charge in [-0.15, -0.1) is 10.2 Å². The van der Waals surface area contributed by atoms with Crippen LogP contribution in [0, 0.1) is 0 Å². The van der Waals surface area contributed by atoms with E-state index in [1.54, 1.807) is 19.2 Å². The summed E-state index contributed by atoms with van der Waals surface area (Å²) in [5.41, 5.74) is 0. The molecule has 1 aromatic heterocycles. The zero-order chi connectivity index (χ0) is 15.1. The van der Waals surface area contributed by atoms with Crippen molar-refractivity contribution in [3.63, 3.8) is 0 Å². The van der Waals surface area contributed by atoms with E-state index in [0.717, 1.165) is 45.1 Å². The molecule has 0 spiro atoms. The standard InChI is InChI=1S/C14H23N3O3S/c1-20-11-5-10-15-13-8-9-14(17-16-13)21(18,19)12-6-3-2-4-7-12/h8-9,12H,2-7,10-11H2,1H3,(H,15,16). The Kier molecular flexibility index (Phi) is 5.93. The van der Waals surface area contributed by atoms with Crippen molar-refractivity contribution in [2.75, 3.05) is 25.6 Å². The average Bonchev–Trinajstić information content (AvgIpc) is 2.53. The largest absolute Gasteiger partial charge is 0.385 e. The molecule has 0 radical (unpaired) electrons. The highest BCUT2D eigenvalue weighted by Gasteiger charge is 2.30. The molecule has 1 aliphatic carbocycles. The Labute approximate surface area is 126 Å². The zero-order valence-electron chi connectivity index (χ0n) is 12.4. The van der Waals surface area contributed by atoms with Gasteiger partial charge in [-0.1, -0.05) is 19.3 Å². The Morgan fingerprint density at radius 3 is 2.62 bits per heavy atom. The topological polar surface area (TPSA) is 81.2 Å². The molecule has 0 atom stereocenters. The Bertz CT molecular complexity index is 525. The predicted octanol–water partition coefficient (Wildman–Crippen LogP) is 2.03. The van der Waals surface area contributed by atoms with Gasteiger partial charge < -0.3 is 10.1 Å². The summed E-state index contributed by atoms with van der Waals surface area (Å²) < 4.78 is 29.9. The zero-order valence-corrected chi connectivity index (χ0v) is 13.2. The second-order valence-corrected chi connectivity index (χ2v) is 7.51. The molecule has 1 heterocycles. The van der Waals surface area contributed by atoms with Crippen LogP contribution in [0.5, 0.6) is 0 Å². The van der Waals surface area contributed by atoms with Crippen molar-refractivity contribution >= 4 is 15.7 Å². The first-order valence-corrected chi connectivity index (χ1v) is 8.99. The van der Waals surface area contributed by atoms with Crippen LogP contribution >= 0.6 is 0 Å². The summed E-state index contributed by atoms with van der Waals surface area (Å²) in [4.78, 5) is 0. The molecule has 2 rings (SSSR count). The van der Waals surface area contributed by atoms with Crippen molar-refractivity contribution in [3.05, 3.63) is 12.1 Å². The summed E-state index contributed by atoms with van der Waals surface area (Å²) in [5.74, 6) is 0.591. The highest BCUT2D eigenvalue weighted by molar-refractivity contribution is 7.92. The molecule has 0 bridgehead atoms. The van der Waals surface area contributed by atoms with Crippen LogP contribution in [-0.4, -0.2) is 44.1 Å². The molecule has 0 amide bonds. The van der Waals surface area contributed by atoms with Crippen molar-refractivity contribution in [1.82, 2.24) is 10.2 Å². The SMILES string of the molecule is COCCCNc1ccc(S(=O)(=O)C2CCCCC2)nn1. The molecule has 1 fully saturated rings. The number of rotatable bonds is 7. The van der Waals surface area contributed by atoms with Gasteiger partial charge in [0, 0.05) is 20.3 Å². The number of hydrogen-bond acceptors (Lipinski definition) is 6. The molecule has 1 saturated carbocycles. The molecule has 1 aliphatic rings. The average molecular weight is 313 g/mol. The minimum atomic E-state index is -3.33. The minimum absolute atomic E-state index is 0.0943. The van der Waals surface area contributed by atoms with Gasteiger partial charge in [-0.2, -0.15) is 0 Å². The van der Waals surface area contributed by atoms with Crippen molar-refractivity contribution < 1.29 is 13.2 Å². The number of hydrogen-bond donors (Lipinski definition) is 1. The van der Waals surface area contributed by atoms with E-state index in [4.69, 9.17) is 4.74 Å².